The van der Waals surface area contributed by atoms with Gasteiger partial charge in [-0.15, -0.1) is 0 Å². The van der Waals surface area contributed by atoms with Gasteiger partial charge in [-0.1, -0.05) is 36.4 Å². The second-order valence-electron chi connectivity index (χ2n) is 8.47. The van der Waals surface area contributed by atoms with Crippen molar-refractivity contribution in [1.82, 2.24) is 9.47 Å². The summed E-state index contributed by atoms with van der Waals surface area (Å²) in [5.41, 5.74) is 4.89. The van der Waals surface area contributed by atoms with E-state index in [-0.39, 0.29) is 12.1 Å². The van der Waals surface area contributed by atoms with E-state index in [2.05, 4.69) is 16.0 Å². The number of methoxy groups -OCH3 is 1. The van der Waals surface area contributed by atoms with Crippen molar-refractivity contribution in [2.75, 3.05) is 19.0 Å². The molecule has 0 aliphatic carbocycles. The molecule has 1 aromatic heterocycles. The highest BCUT2D eigenvalue weighted by Gasteiger charge is 2.33. The molecule has 0 saturated carbocycles. The highest BCUT2D eigenvalue weighted by molar-refractivity contribution is 5.94. The van der Waals surface area contributed by atoms with Gasteiger partial charge in [-0.25, -0.2) is 9.59 Å². The average Bonchev–Trinajstić information content (AvgIpc) is 3.33. The van der Waals surface area contributed by atoms with Crippen LogP contribution in [-0.4, -0.2) is 35.2 Å². The Hall–Kier alpha value is -4.52. The van der Waals surface area contributed by atoms with E-state index in [9.17, 15) is 9.59 Å². The third-order valence-electron chi connectivity index (χ3n) is 6.27. The van der Waals surface area contributed by atoms with Crippen molar-refractivity contribution in [2.24, 2.45) is 0 Å². The van der Waals surface area contributed by atoms with Crippen molar-refractivity contribution in [1.29, 1.82) is 0 Å². The summed E-state index contributed by atoms with van der Waals surface area (Å²) in [6, 6.07) is 26.1. The maximum atomic E-state index is 13.8. The number of nitrogens with one attached hydrogen (secondary N) is 1. The van der Waals surface area contributed by atoms with Crippen molar-refractivity contribution < 1.29 is 19.1 Å². The predicted octanol–water partition coefficient (Wildman–Crippen LogP) is 5.80. The highest BCUT2D eigenvalue weighted by atomic mass is 16.5. The SMILES string of the molecule is CCOc1ccc(C2c3cccn3-c3ccccc3CN2C(=O)Nc2cccc(C(=O)OC)c2)cc1. The molecule has 0 saturated heterocycles. The number of anilines is 1. The summed E-state index contributed by atoms with van der Waals surface area (Å²) in [5.74, 6) is 0.323. The van der Waals surface area contributed by atoms with Crippen LogP contribution in [-0.2, 0) is 11.3 Å². The first-order valence-electron chi connectivity index (χ1n) is 11.8. The van der Waals surface area contributed by atoms with Gasteiger partial charge < -0.3 is 24.3 Å². The van der Waals surface area contributed by atoms with Crippen molar-refractivity contribution in [3.05, 3.63) is 114 Å². The fourth-order valence-electron chi connectivity index (χ4n) is 4.64. The summed E-state index contributed by atoms with van der Waals surface area (Å²) in [6.45, 7) is 2.93. The summed E-state index contributed by atoms with van der Waals surface area (Å²) in [7, 11) is 1.33. The number of carbonyl (C=O) groups is 2. The van der Waals surface area contributed by atoms with E-state index < -0.39 is 5.97 Å². The number of aromatic nitrogens is 1. The molecular weight excluding hydrogens is 454 g/mol. The summed E-state index contributed by atoms with van der Waals surface area (Å²) in [5, 5.41) is 2.99. The van der Waals surface area contributed by atoms with Crippen molar-refractivity contribution in [2.45, 2.75) is 19.5 Å². The Labute approximate surface area is 209 Å². The van der Waals surface area contributed by atoms with Crippen molar-refractivity contribution >= 4 is 17.7 Å². The fraction of sp³-hybridized carbons (Fsp3) is 0.172. The van der Waals surface area contributed by atoms with Gasteiger partial charge in [-0.05, 0) is 66.6 Å². The minimum Gasteiger partial charge on any atom is -0.494 e. The number of hydrogen-bond donors (Lipinski definition) is 1. The van der Waals surface area contributed by atoms with Crippen LogP contribution >= 0.6 is 0 Å². The molecule has 3 aromatic carbocycles. The molecule has 1 aliphatic rings. The minimum absolute atomic E-state index is 0.277. The molecule has 1 N–H and O–H groups in total. The van der Waals surface area contributed by atoms with E-state index in [1.54, 1.807) is 24.3 Å². The van der Waals surface area contributed by atoms with Crippen LogP contribution in [0.15, 0.2) is 91.1 Å². The molecule has 2 heterocycles. The first-order chi connectivity index (χ1) is 17.6. The van der Waals surface area contributed by atoms with E-state index in [0.29, 0.717) is 24.4 Å². The Morgan fingerprint density at radius 3 is 2.56 bits per heavy atom. The van der Waals surface area contributed by atoms with Crippen LogP contribution < -0.4 is 10.1 Å². The van der Waals surface area contributed by atoms with Gasteiger partial charge in [0.05, 0.1) is 37.6 Å². The molecule has 7 heteroatoms. The van der Waals surface area contributed by atoms with Crippen LogP contribution in [0, 0.1) is 0 Å². The maximum absolute atomic E-state index is 13.8. The zero-order chi connectivity index (χ0) is 25.1. The molecule has 2 amide bonds. The Kier molecular flexibility index (Phi) is 6.45. The monoisotopic (exact) mass is 481 g/mol. The zero-order valence-corrected chi connectivity index (χ0v) is 20.2. The van der Waals surface area contributed by atoms with Crippen LogP contribution in [0.5, 0.6) is 5.75 Å². The summed E-state index contributed by atoms with van der Waals surface area (Å²) in [4.78, 5) is 27.6. The standard InChI is InChI=1S/C29H27N3O4/c1-3-36-24-15-13-20(14-16-24)27-26-12-7-17-31(26)25-11-5-4-8-22(25)19-32(27)29(34)30-23-10-6-9-21(18-23)28(33)35-2/h4-18,27H,3,19H2,1-2H3,(H,30,34). The van der Waals surface area contributed by atoms with Gasteiger partial charge >= 0.3 is 12.0 Å². The number of ether oxygens (including phenoxy) is 2. The molecule has 5 rings (SSSR count). The lowest BCUT2D eigenvalue weighted by Gasteiger charge is -2.31. The third kappa shape index (κ3) is 4.43. The lowest BCUT2D eigenvalue weighted by Crippen LogP contribution is -2.38. The molecule has 0 radical (unpaired) electrons. The topological polar surface area (TPSA) is 72.8 Å². The number of fused-ring (bicyclic) bond motifs is 3. The normalized spacial score (nSPS) is 14.3. The summed E-state index contributed by atoms with van der Waals surface area (Å²) in [6.07, 6.45) is 2.02. The maximum Gasteiger partial charge on any atom is 0.337 e. The number of esters is 1. The third-order valence-corrected chi connectivity index (χ3v) is 6.27. The average molecular weight is 482 g/mol. The molecule has 0 spiro atoms. The van der Waals surface area contributed by atoms with Gasteiger partial charge in [-0.2, -0.15) is 0 Å². The van der Waals surface area contributed by atoms with E-state index in [0.717, 1.165) is 28.3 Å². The van der Waals surface area contributed by atoms with Gasteiger partial charge in [0.1, 0.15) is 5.75 Å². The van der Waals surface area contributed by atoms with Crippen molar-refractivity contribution in [3.63, 3.8) is 0 Å². The molecular formula is C29H27N3O4. The molecule has 0 bridgehead atoms. The van der Waals surface area contributed by atoms with Crippen LogP contribution in [0.1, 0.15) is 40.1 Å². The van der Waals surface area contributed by atoms with Gasteiger partial charge in [0, 0.05) is 17.6 Å². The van der Waals surface area contributed by atoms with Gasteiger partial charge in [-0.3, -0.25) is 0 Å². The lowest BCUT2D eigenvalue weighted by molar-refractivity contribution is 0.0600. The molecule has 0 fully saturated rings. The Morgan fingerprint density at radius 2 is 1.78 bits per heavy atom. The van der Waals surface area contributed by atoms with E-state index in [4.69, 9.17) is 9.47 Å². The van der Waals surface area contributed by atoms with E-state index in [1.807, 2.05) is 72.6 Å². The first-order valence-corrected chi connectivity index (χ1v) is 11.8. The molecule has 4 aromatic rings. The largest absolute Gasteiger partial charge is 0.494 e. The Bertz CT molecular complexity index is 1390. The number of rotatable bonds is 5. The molecule has 182 valence electrons. The number of para-hydroxylation sites is 1. The Balaban J connectivity index is 1.56. The number of hydrogen-bond acceptors (Lipinski definition) is 4. The van der Waals surface area contributed by atoms with Crippen LogP contribution in [0.25, 0.3) is 5.69 Å². The number of urea groups is 1. The predicted molar refractivity (Wildman–Crippen MR) is 138 cm³/mol. The fourth-order valence-corrected chi connectivity index (χ4v) is 4.64. The first kappa shape index (κ1) is 23.2. The molecule has 1 atom stereocenters. The van der Waals surface area contributed by atoms with E-state index in [1.165, 1.54) is 7.11 Å². The number of carbonyl (C=O) groups excluding carboxylic acids is 2. The second-order valence-corrected chi connectivity index (χ2v) is 8.47. The molecule has 7 nitrogen and oxygen atoms in total. The van der Waals surface area contributed by atoms with Crippen LogP contribution in [0.3, 0.4) is 0 Å². The number of nitrogens with zero attached hydrogens (tertiary/aromatic N) is 2. The Morgan fingerprint density at radius 1 is 0.972 bits per heavy atom. The summed E-state index contributed by atoms with van der Waals surface area (Å²) >= 11 is 0. The van der Waals surface area contributed by atoms with Gasteiger partial charge in [0.25, 0.3) is 0 Å². The minimum atomic E-state index is -0.458. The summed E-state index contributed by atoms with van der Waals surface area (Å²) < 4.78 is 12.6. The number of amides is 2. The number of benzene rings is 3. The zero-order valence-electron chi connectivity index (χ0n) is 20.2. The van der Waals surface area contributed by atoms with Crippen LogP contribution in [0.4, 0.5) is 10.5 Å². The van der Waals surface area contributed by atoms with Gasteiger partial charge in [0.15, 0.2) is 0 Å². The lowest BCUT2D eigenvalue weighted by atomic mass is 10.0. The van der Waals surface area contributed by atoms with Crippen molar-refractivity contribution in [3.8, 4) is 11.4 Å². The molecule has 1 unspecified atom stereocenters. The van der Waals surface area contributed by atoms with E-state index >= 15 is 0 Å². The molecule has 36 heavy (non-hydrogen) atoms. The smallest absolute Gasteiger partial charge is 0.337 e. The van der Waals surface area contributed by atoms with Gasteiger partial charge in [0.2, 0.25) is 0 Å². The quantitative estimate of drug-likeness (QED) is 0.366. The van der Waals surface area contributed by atoms with Crippen LogP contribution in [0.2, 0.25) is 0 Å². The molecule has 1 aliphatic heterocycles. The second kappa shape index (κ2) is 10.00. The highest BCUT2D eigenvalue weighted by Crippen LogP contribution is 2.37.